The highest BCUT2D eigenvalue weighted by atomic mass is 35.5. The highest BCUT2D eigenvalue weighted by Gasteiger charge is 2.02. The molecule has 0 atom stereocenters. The van der Waals surface area contributed by atoms with Gasteiger partial charge in [0.1, 0.15) is 5.15 Å². The summed E-state index contributed by atoms with van der Waals surface area (Å²) in [5.74, 6) is 0. The molecule has 0 bridgehead atoms. The van der Waals surface area contributed by atoms with Crippen LogP contribution < -0.4 is 0 Å². The first-order valence-corrected chi connectivity index (χ1v) is 5.80. The molecule has 0 N–H and O–H groups in total. The van der Waals surface area contributed by atoms with Crippen LogP contribution in [-0.2, 0) is 0 Å². The average Bonchev–Trinajstić information content (AvgIpc) is 2.25. The largest absolute Gasteiger partial charge is 0.244 e. The van der Waals surface area contributed by atoms with Gasteiger partial charge in [0.25, 0.3) is 0 Å². The Kier molecular flexibility index (Phi) is 3.29. The lowest BCUT2D eigenvalue weighted by Gasteiger charge is -2.04. The van der Waals surface area contributed by atoms with Gasteiger partial charge in [-0.25, -0.2) is 4.98 Å². The van der Waals surface area contributed by atoms with E-state index in [1.54, 1.807) is 18.0 Å². The molecule has 76 valence electrons. The SMILES string of the molecule is Cc1cnc(Cl)cc1Sc1ccccc1. The third-order valence-electron chi connectivity index (χ3n) is 1.99. The maximum atomic E-state index is 5.86. The highest BCUT2D eigenvalue weighted by molar-refractivity contribution is 7.99. The molecule has 1 heterocycles. The minimum absolute atomic E-state index is 0.541. The zero-order chi connectivity index (χ0) is 10.7. The van der Waals surface area contributed by atoms with Gasteiger partial charge in [-0.2, -0.15) is 0 Å². The normalized spacial score (nSPS) is 10.3. The summed E-state index contributed by atoms with van der Waals surface area (Å²) in [5, 5.41) is 0.541. The number of hydrogen-bond donors (Lipinski definition) is 0. The van der Waals surface area contributed by atoms with E-state index in [4.69, 9.17) is 11.6 Å². The molecule has 1 aromatic heterocycles. The molecule has 0 radical (unpaired) electrons. The van der Waals surface area contributed by atoms with E-state index in [1.807, 2.05) is 31.2 Å². The lowest BCUT2D eigenvalue weighted by Crippen LogP contribution is -1.83. The van der Waals surface area contributed by atoms with E-state index >= 15 is 0 Å². The Morgan fingerprint density at radius 1 is 1.20 bits per heavy atom. The summed E-state index contributed by atoms with van der Waals surface area (Å²) in [7, 11) is 0. The van der Waals surface area contributed by atoms with Crippen molar-refractivity contribution in [1.29, 1.82) is 0 Å². The number of nitrogens with zero attached hydrogens (tertiary/aromatic N) is 1. The van der Waals surface area contributed by atoms with Crippen molar-refractivity contribution < 1.29 is 0 Å². The fourth-order valence-corrected chi connectivity index (χ4v) is 2.36. The quantitative estimate of drug-likeness (QED) is 0.724. The van der Waals surface area contributed by atoms with Crippen LogP contribution in [0.2, 0.25) is 5.15 Å². The summed E-state index contributed by atoms with van der Waals surface area (Å²) in [6, 6.07) is 12.1. The number of aryl methyl sites for hydroxylation is 1. The van der Waals surface area contributed by atoms with E-state index in [0.29, 0.717) is 5.15 Å². The van der Waals surface area contributed by atoms with Gasteiger partial charge in [-0.3, -0.25) is 0 Å². The van der Waals surface area contributed by atoms with Crippen LogP contribution in [0.3, 0.4) is 0 Å². The molecule has 1 nitrogen and oxygen atoms in total. The maximum Gasteiger partial charge on any atom is 0.130 e. The van der Waals surface area contributed by atoms with Gasteiger partial charge in [0, 0.05) is 16.0 Å². The van der Waals surface area contributed by atoms with Crippen LogP contribution in [0.5, 0.6) is 0 Å². The lowest BCUT2D eigenvalue weighted by atomic mass is 10.3. The summed E-state index contributed by atoms with van der Waals surface area (Å²) in [6.45, 7) is 2.04. The fraction of sp³-hybridized carbons (Fsp3) is 0.0833. The molecule has 3 heteroatoms. The van der Waals surface area contributed by atoms with Gasteiger partial charge in [-0.05, 0) is 30.7 Å². The topological polar surface area (TPSA) is 12.9 Å². The van der Waals surface area contributed by atoms with Crippen LogP contribution >= 0.6 is 23.4 Å². The molecule has 0 aliphatic carbocycles. The van der Waals surface area contributed by atoms with Gasteiger partial charge in [-0.15, -0.1) is 0 Å². The van der Waals surface area contributed by atoms with Crippen LogP contribution in [-0.4, -0.2) is 4.98 Å². The molecule has 2 rings (SSSR count). The van der Waals surface area contributed by atoms with Crippen molar-refractivity contribution in [2.24, 2.45) is 0 Å². The van der Waals surface area contributed by atoms with E-state index < -0.39 is 0 Å². The molecular formula is C12H10ClNS. The summed E-state index contributed by atoms with van der Waals surface area (Å²) in [4.78, 5) is 6.40. The van der Waals surface area contributed by atoms with Gasteiger partial charge >= 0.3 is 0 Å². The second-order valence-corrected chi connectivity index (χ2v) is 4.69. The zero-order valence-corrected chi connectivity index (χ0v) is 9.85. The standard InChI is InChI=1S/C12H10ClNS/c1-9-8-14-12(13)7-11(9)15-10-5-3-2-4-6-10/h2-8H,1H3. The van der Waals surface area contributed by atoms with Crippen molar-refractivity contribution in [2.45, 2.75) is 16.7 Å². The Hall–Kier alpha value is -0.990. The van der Waals surface area contributed by atoms with Crippen molar-refractivity contribution in [3.8, 4) is 0 Å². The second kappa shape index (κ2) is 4.69. The predicted molar refractivity (Wildman–Crippen MR) is 64.5 cm³/mol. The lowest BCUT2D eigenvalue weighted by molar-refractivity contribution is 1.18. The van der Waals surface area contributed by atoms with Crippen LogP contribution in [0, 0.1) is 6.92 Å². The van der Waals surface area contributed by atoms with E-state index in [0.717, 1.165) is 10.5 Å². The van der Waals surface area contributed by atoms with Gasteiger partial charge < -0.3 is 0 Å². The smallest absolute Gasteiger partial charge is 0.130 e. The molecule has 0 fully saturated rings. The van der Waals surface area contributed by atoms with E-state index in [2.05, 4.69) is 17.1 Å². The van der Waals surface area contributed by atoms with Crippen molar-refractivity contribution in [3.05, 3.63) is 53.3 Å². The number of halogens is 1. The molecule has 0 aliphatic heterocycles. The minimum atomic E-state index is 0.541. The molecule has 0 amide bonds. The summed E-state index contributed by atoms with van der Waals surface area (Å²) in [6.07, 6.45) is 1.80. The van der Waals surface area contributed by atoms with E-state index in [-0.39, 0.29) is 0 Å². The van der Waals surface area contributed by atoms with Crippen molar-refractivity contribution >= 4 is 23.4 Å². The molecule has 2 aromatic rings. The molecule has 1 aromatic carbocycles. The van der Waals surface area contributed by atoms with Crippen LogP contribution in [0.25, 0.3) is 0 Å². The number of pyridine rings is 1. The van der Waals surface area contributed by atoms with E-state index in [1.165, 1.54) is 4.90 Å². The van der Waals surface area contributed by atoms with Gasteiger partial charge in [0.05, 0.1) is 0 Å². The minimum Gasteiger partial charge on any atom is -0.244 e. The van der Waals surface area contributed by atoms with E-state index in [9.17, 15) is 0 Å². The first-order chi connectivity index (χ1) is 7.25. The van der Waals surface area contributed by atoms with Crippen molar-refractivity contribution in [2.75, 3.05) is 0 Å². The first kappa shape index (κ1) is 10.5. The summed E-state index contributed by atoms with van der Waals surface area (Å²) < 4.78 is 0. The first-order valence-electron chi connectivity index (χ1n) is 4.61. The number of benzene rings is 1. The Bertz CT molecular complexity index is 456. The Balaban J connectivity index is 2.28. The van der Waals surface area contributed by atoms with Gasteiger partial charge in [-0.1, -0.05) is 41.6 Å². The molecule has 0 unspecified atom stereocenters. The summed E-state index contributed by atoms with van der Waals surface area (Å²) in [5.41, 5.74) is 1.15. The Labute approximate surface area is 98.5 Å². The third-order valence-corrected chi connectivity index (χ3v) is 3.37. The number of rotatable bonds is 2. The molecule has 0 spiro atoms. The Morgan fingerprint density at radius 2 is 1.93 bits per heavy atom. The predicted octanol–water partition coefficient (Wildman–Crippen LogP) is 4.19. The molecule has 0 saturated heterocycles. The van der Waals surface area contributed by atoms with Crippen molar-refractivity contribution in [1.82, 2.24) is 4.98 Å². The fourth-order valence-electron chi connectivity index (χ4n) is 1.21. The van der Waals surface area contributed by atoms with Crippen LogP contribution in [0.4, 0.5) is 0 Å². The van der Waals surface area contributed by atoms with Crippen LogP contribution in [0.1, 0.15) is 5.56 Å². The third kappa shape index (κ3) is 2.74. The number of aromatic nitrogens is 1. The maximum absolute atomic E-state index is 5.86. The van der Waals surface area contributed by atoms with Gasteiger partial charge in [0.2, 0.25) is 0 Å². The molecule has 0 saturated carbocycles. The molecular weight excluding hydrogens is 226 g/mol. The number of hydrogen-bond acceptors (Lipinski definition) is 2. The highest BCUT2D eigenvalue weighted by Crippen LogP contribution is 2.30. The molecule has 15 heavy (non-hydrogen) atoms. The van der Waals surface area contributed by atoms with Crippen LogP contribution in [0.15, 0.2) is 52.4 Å². The zero-order valence-electron chi connectivity index (χ0n) is 8.27. The van der Waals surface area contributed by atoms with Crippen molar-refractivity contribution in [3.63, 3.8) is 0 Å². The van der Waals surface area contributed by atoms with Gasteiger partial charge in [0.15, 0.2) is 0 Å². The monoisotopic (exact) mass is 235 g/mol. The summed E-state index contributed by atoms with van der Waals surface area (Å²) >= 11 is 7.56. The molecule has 0 aliphatic rings. The average molecular weight is 236 g/mol. The Morgan fingerprint density at radius 3 is 2.67 bits per heavy atom. The second-order valence-electron chi connectivity index (χ2n) is 3.19.